The zero-order chi connectivity index (χ0) is 17.4. The maximum Gasteiger partial charge on any atom is 0.243 e. The maximum absolute atomic E-state index is 5.90. The highest BCUT2D eigenvalue weighted by Gasteiger charge is 2.15. The first kappa shape index (κ1) is 18.5. The lowest BCUT2D eigenvalue weighted by Gasteiger charge is -2.17. The zero-order valence-electron chi connectivity index (χ0n) is 14.4. The van der Waals surface area contributed by atoms with E-state index in [0.717, 1.165) is 41.6 Å². The first-order chi connectivity index (χ1) is 11.7. The number of unbranched alkanes of at least 4 members (excludes halogenated alkanes) is 1. The van der Waals surface area contributed by atoms with Gasteiger partial charge in [-0.2, -0.15) is 0 Å². The third kappa shape index (κ3) is 4.59. The number of anilines is 1. The maximum atomic E-state index is 5.90. The molecule has 1 N–H and O–H groups in total. The number of aryl methyl sites for hydroxylation is 1. The van der Waals surface area contributed by atoms with E-state index >= 15 is 0 Å². The summed E-state index contributed by atoms with van der Waals surface area (Å²) in [7, 11) is 1.64. The van der Waals surface area contributed by atoms with Crippen LogP contribution in [0.25, 0.3) is 0 Å². The molecule has 0 bridgehead atoms. The molecule has 0 unspecified atom stereocenters. The lowest BCUT2D eigenvalue weighted by Crippen LogP contribution is -2.11. The van der Waals surface area contributed by atoms with Gasteiger partial charge in [0.25, 0.3) is 0 Å². The smallest absolute Gasteiger partial charge is 0.243 e. The Morgan fingerprint density at radius 3 is 2.79 bits per heavy atom. The summed E-state index contributed by atoms with van der Waals surface area (Å²) in [5, 5.41) is 15.1. The van der Waals surface area contributed by atoms with Crippen molar-refractivity contribution in [1.82, 2.24) is 20.2 Å². The summed E-state index contributed by atoms with van der Waals surface area (Å²) < 4.78 is 14.1. The number of nitrogens with zero attached hydrogens (tertiary/aromatic N) is 4. The van der Waals surface area contributed by atoms with E-state index in [1.165, 1.54) is 0 Å². The van der Waals surface area contributed by atoms with Crippen LogP contribution in [0.2, 0.25) is 0 Å². The fourth-order valence-electron chi connectivity index (χ4n) is 2.23. The molecule has 1 aromatic heterocycles. The van der Waals surface area contributed by atoms with Gasteiger partial charge in [-0.15, -0.1) is 0 Å². The van der Waals surface area contributed by atoms with Gasteiger partial charge < -0.3 is 14.8 Å². The standard InChI is InChI=1S/C16H24BrN5O2/c1-4-6-9-22-16(19-20-21-22)18-11-12-13(17)7-8-14(23-3)15(12)24-10-5-2/h7-8H,4-6,9-11H2,1-3H3,(H,18,19,21). The molecule has 0 aliphatic heterocycles. The molecule has 7 nitrogen and oxygen atoms in total. The van der Waals surface area contributed by atoms with E-state index in [2.05, 4.69) is 50.6 Å². The largest absolute Gasteiger partial charge is 0.493 e. The first-order valence-corrected chi connectivity index (χ1v) is 8.98. The number of hydrogen-bond acceptors (Lipinski definition) is 6. The molecule has 2 aromatic rings. The summed E-state index contributed by atoms with van der Waals surface area (Å²) in [5.41, 5.74) is 0.979. The van der Waals surface area contributed by atoms with E-state index in [4.69, 9.17) is 9.47 Å². The van der Waals surface area contributed by atoms with Crippen LogP contribution in [-0.2, 0) is 13.1 Å². The van der Waals surface area contributed by atoms with Crippen LogP contribution < -0.4 is 14.8 Å². The lowest BCUT2D eigenvalue weighted by atomic mass is 10.2. The number of hydrogen-bond donors (Lipinski definition) is 1. The highest BCUT2D eigenvalue weighted by atomic mass is 79.9. The molecule has 0 spiro atoms. The van der Waals surface area contributed by atoms with Crippen molar-refractivity contribution in [2.75, 3.05) is 19.0 Å². The number of ether oxygens (including phenoxy) is 2. The lowest BCUT2D eigenvalue weighted by molar-refractivity contribution is 0.291. The van der Waals surface area contributed by atoms with Crippen LogP contribution in [0.5, 0.6) is 11.5 Å². The number of nitrogens with one attached hydrogen (secondary N) is 1. The summed E-state index contributed by atoms with van der Waals surface area (Å²) >= 11 is 3.59. The van der Waals surface area contributed by atoms with Crippen LogP contribution in [0.3, 0.4) is 0 Å². The second kappa shape index (κ2) is 9.46. The Labute approximate surface area is 150 Å². The normalized spacial score (nSPS) is 10.7. The van der Waals surface area contributed by atoms with Crippen LogP contribution in [0.4, 0.5) is 5.95 Å². The van der Waals surface area contributed by atoms with Gasteiger partial charge in [0, 0.05) is 23.1 Å². The Bertz CT molecular complexity index is 647. The molecule has 0 aliphatic rings. The summed E-state index contributed by atoms with van der Waals surface area (Å²) in [6.45, 7) is 6.17. The van der Waals surface area contributed by atoms with Crippen molar-refractivity contribution in [1.29, 1.82) is 0 Å². The van der Waals surface area contributed by atoms with Gasteiger partial charge in [0.15, 0.2) is 11.5 Å². The van der Waals surface area contributed by atoms with E-state index in [-0.39, 0.29) is 0 Å². The Morgan fingerprint density at radius 1 is 1.25 bits per heavy atom. The van der Waals surface area contributed by atoms with Crippen LogP contribution in [-0.4, -0.2) is 33.9 Å². The molecule has 8 heteroatoms. The van der Waals surface area contributed by atoms with Gasteiger partial charge in [0.1, 0.15) is 0 Å². The van der Waals surface area contributed by atoms with Crippen LogP contribution in [0.1, 0.15) is 38.7 Å². The SMILES string of the molecule is CCCCn1nnnc1NCc1c(Br)ccc(OC)c1OCCC. The molecule has 0 aliphatic carbocycles. The molecule has 24 heavy (non-hydrogen) atoms. The summed E-state index contributed by atoms with van der Waals surface area (Å²) in [6.07, 6.45) is 3.06. The average Bonchev–Trinajstić information content (AvgIpc) is 3.04. The van der Waals surface area contributed by atoms with Crippen molar-refractivity contribution >= 4 is 21.9 Å². The quantitative estimate of drug-likeness (QED) is 0.659. The molecular formula is C16H24BrN5O2. The summed E-state index contributed by atoms with van der Waals surface area (Å²) in [4.78, 5) is 0. The minimum atomic E-state index is 0.531. The van der Waals surface area contributed by atoms with Crippen molar-refractivity contribution < 1.29 is 9.47 Å². The Kier molecular flexibility index (Phi) is 7.30. The third-order valence-corrected chi connectivity index (χ3v) is 4.26. The van der Waals surface area contributed by atoms with Crippen LogP contribution in [0, 0.1) is 0 Å². The fraction of sp³-hybridized carbons (Fsp3) is 0.562. The summed E-state index contributed by atoms with van der Waals surface area (Å²) in [6, 6.07) is 3.85. The van der Waals surface area contributed by atoms with E-state index in [9.17, 15) is 0 Å². The van der Waals surface area contributed by atoms with Crippen molar-refractivity contribution in [3.63, 3.8) is 0 Å². The Balaban J connectivity index is 2.18. The Morgan fingerprint density at radius 2 is 2.08 bits per heavy atom. The van der Waals surface area contributed by atoms with Gasteiger partial charge in [-0.1, -0.05) is 41.3 Å². The van der Waals surface area contributed by atoms with Crippen molar-refractivity contribution in [3.8, 4) is 11.5 Å². The van der Waals surface area contributed by atoms with E-state index < -0.39 is 0 Å². The second-order valence-electron chi connectivity index (χ2n) is 5.34. The highest BCUT2D eigenvalue weighted by molar-refractivity contribution is 9.10. The minimum absolute atomic E-state index is 0.531. The molecule has 1 aromatic carbocycles. The predicted molar refractivity (Wildman–Crippen MR) is 96.5 cm³/mol. The van der Waals surface area contributed by atoms with Crippen LogP contribution in [0.15, 0.2) is 16.6 Å². The second-order valence-corrected chi connectivity index (χ2v) is 6.19. The van der Waals surface area contributed by atoms with Crippen molar-refractivity contribution in [3.05, 3.63) is 22.2 Å². The van der Waals surface area contributed by atoms with Crippen LogP contribution >= 0.6 is 15.9 Å². The highest BCUT2D eigenvalue weighted by Crippen LogP contribution is 2.36. The number of methoxy groups -OCH3 is 1. The number of halogens is 1. The van der Waals surface area contributed by atoms with Crippen molar-refractivity contribution in [2.24, 2.45) is 0 Å². The minimum Gasteiger partial charge on any atom is -0.493 e. The predicted octanol–water partition coefficient (Wildman–Crippen LogP) is 3.65. The van der Waals surface area contributed by atoms with Gasteiger partial charge in [0.2, 0.25) is 5.95 Å². The molecule has 0 saturated carbocycles. The van der Waals surface area contributed by atoms with Crippen molar-refractivity contribution in [2.45, 2.75) is 46.2 Å². The number of aromatic nitrogens is 4. The molecular weight excluding hydrogens is 374 g/mol. The fourth-order valence-corrected chi connectivity index (χ4v) is 2.68. The molecule has 0 fully saturated rings. The molecule has 132 valence electrons. The van der Waals surface area contributed by atoms with Gasteiger partial charge in [-0.3, -0.25) is 0 Å². The van der Waals surface area contributed by atoms with E-state index in [0.29, 0.717) is 24.8 Å². The number of tetrazole rings is 1. The monoisotopic (exact) mass is 397 g/mol. The number of rotatable bonds is 10. The number of benzene rings is 1. The molecule has 0 amide bonds. The molecule has 0 saturated heterocycles. The molecule has 1 heterocycles. The van der Waals surface area contributed by atoms with Gasteiger partial charge in [-0.05, 0) is 35.4 Å². The van der Waals surface area contributed by atoms with E-state index in [1.807, 2.05) is 12.1 Å². The van der Waals surface area contributed by atoms with E-state index in [1.54, 1.807) is 11.8 Å². The molecule has 2 rings (SSSR count). The zero-order valence-corrected chi connectivity index (χ0v) is 16.0. The average molecular weight is 398 g/mol. The molecule has 0 atom stereocenters. The first-order valence-electron chi connectivity index (χ1n) is 8.19. The molecule has 0 radical (unpaired) electrons. The third-order valence-electron chi connectivity index (χ3n) is 3.52. The Hall–Kier alpha value is -1.83. The van der Waals surface area contributed by atoms with Gasteiger partial charge >= 0.3 is 0 Å². The van der Waals surface area contributed by atoms with Gasteiger partial charge in [0.05, 0.1) is 13.7 Å². The van der Waals surface area contributed by atoms with Gasteiger partial charge in [-0.25, -0.2) is 4.68 Å². The summed E-state index contributed by atoms with van der Waals surface area (Å²) in [5.74, 6) is 2.11. The topological polar surface area (TPSA) is 74.1 Å².